The molecule has 0 bridgehead atoms. The molecule has 0 aliphatic carbocycles. The van der Waals surface area contributed by atoms with E-state index < -0.39 is 11.6 Å². The Bertz CT molecular complexity index is 551. The second-order valence-corrected chi connectivity index (χ2v) is 6.35. The monoisotopic (exact) mass is 315 g/mol. The molecule has 1 atom stereocenters. The second kappa shape index (κ2) is 7.16. The molecule has 1 aromatic carbocycles. The molecule has 2 aromatic rings. The Morgan fingerprint density at radius 3 is 2.45 bits per heavy atom. The Morgan fingerprint density at radius 1 is 1.20 bits per heavy atom. The van der Waals surface area contributed by atoms with Crippen LogP contribution in [0.5, 0.6) is 0 Å². The highest BCUT2D eigenvalue weighted by atomic mass is 35.5. The summed E-state index contributed by atoms with van der Waals surface area (Å²) in [4.78, 5) is 1.01. The highest BCUT2D eigenvalue weighted by Crippen LogP contribution is 2.29. The van der Waals surface area contributed by atoms with E-state index in [0.717, 1.165) is 11.3 Å². The zero-order valence-corrected chi connectivity index (χ0v) is 12.7. The topological polar surface area (TPSA) is 12.0 Å². The minimum atomic E-state index is -0.513. The van der Waals surface area contributed by atoms with Crippen molar-refractivity contribution in [2.24, 2.45) is 0 Å². The maximum absolute atomic E-state index is 13.9. The smallest absolute Gasteiger partial charge is 0.130 e. The molecule has 108 valence electrons. The van der Waals surface area contributed by atoms with Gasteiger partial charge < -0.3 is 5.32 Å². The molecule has 0 spiro atoms. The number of hydrogen-bond donors (Lipinski definition) is 1. The van der Waals surface area contributed by atoms with E-state index in [-0.39, 0.29) is 11.6 Å². The van der Waals surface area contributed by atoms with Gasteiger partial charge in [-0.05, 0) is 37.2 Å². The van der Waals surface area contributed by atoms with Crippen molar-refractivity contribution in [1.29, 1.82) is 0 Å². The highest BCUT2D eigenvalue weighted by molar-refractivity contribution is 7.16. The van der Waals surface area contributed by atoms with Crippen molar-refractivity contribution in [3.8, 4) is 0 Å². The Labute approximate surface area is 126 Å². The van der Waals surface area contributed by atoms with Gasteiger partial charge in [0, 0.05) is 22.9 Å². The van der Waals surface area contributed by atoms with E-state index in [4.69, 9.17) is 11.6 Å². The van der Waals surface area contributed by atoms with Crippen molar-refractivity contribution >= 4 is 22.9 Å². The number of nitrogens with one attached hydrogen (secondary N) is 1. The Balaban J connectivity index is 2.27. The van der Waals surface area contributed by atoms with Crippen LogP contribution in [0.4, 0.5) is 8.78 Å². The third-order valence-corrected chi connectivity index (χ3v) is 4.28. The van der Waals surface area contributed by atoms with Gasteiger partial charge in [-0.25, -0.2) is 8.78 Å². The third kappa shape index (κ3) is 3.78. The average Bonchev–Trinajstić information content (AvgIpc) is 2.81. The van der Waals surface area contributed by atoms with Gasteiger partial charge in [0.2, 0.25) is 0 Å². The summed E-state index contributed by atoms with van der Waals surface area (Å²) in [6.07, 6.45) is 1.42. The van der Waals surface area contributed by atoms with Crippen molar-refractivity contribution in [2.45, 2.75) is 25.8 Å². The molecule has 0 aliphatic rings. The minimum absolute atomic E-state index is 0.102. The number of hydrogen-bond acceptors (Lipinski definition) is 2. The van der Waals surface area contributed by atoms with Crippen molar-refractivity contribution in [3.05, 3.63) is 56.7 Å². The first-order valence-electron chi connectivity index (χ1n) is 6.53. The molecule has 0 saturated carbocycles. The Morgan fingerprint density at radius 2 is 1.90 bits per heavy atom. The standard InChI is InChI=1S/C15H16ClF2NS/c1-2-8-19-13(9-10-6-7-14(16)20-10)15-11(17)4-3-5-12(15)18/h3-7,13,19H,2,8-9H2,1H3. The van der Waals surface area contributed by atoms with Gasteiger partial charge in [0.05, 0.1) is 4.34 Å². The van der Waals surface area contributed by atoms with Crippen LogP contribution in [-0.4, -0.2) is 6.54 Å². The molecule has 1 heterocycles. The summed E-state index contributed by atoms with van der Waals surface area (Å²) in [6, 6.07) is 7.28. The minimum Gasteiger partial charge on any atom is -0.309 e. The van der Waals surface area contributed by atoms with E-state index in [1.807, 2.05) is 13.0 Å². The zero-order chi connectivity index (χ0) is 14.5. The fraction of sp³-hybridized carbons (Fsp3) is 0.333. The Hall–Kier alpha value is -0.970. The molecule has 0 saturated heterocycles. The van der Waals surface area contributed by atoms with Crippen LogP contribution >= 0.6 is 22.9 Å². The lowest BCUT2D eigenvalue weighted by atomic mass is 10.0. The fourth-order valence-electron chi connectivity index (χ4n) is 2.10. The molecule has 1 nitrogen and oxygen atoms in total. The van der Waals surface area contributed by atoms with Gasteiger partial charge in [0.25, 0.3) is 0 Å². The van der Waals surface area contributed by atoms with Crippen LogP contribution in [0.15, 0.2) is 30.3 Å². The van der Waals surface area contributed by atoms with Crippen LogP contribution < -0.4 is 5.32 Å². The van der Waals surface area contributed by atoms with E-state index in [2.05, 4.69) is 5.32 Å². The molecule has 5 heteroatoms. The van der Waals surface area contributed by atoms with Crippen LogP contribution in [0.2, 0.25) is 4.34 Å². The summed E-state index contributed by atoms with van der Waals surface area (Å²) < 4.78 is 28.5. The van der Waals surface area contributed by atoms with Gasteiger partial charge >= 0.3 is 0 Å². The Kier molecular flexibility index (Phi) is 5.52. The zero-order valence-electron chi connectivity index (χ0n) is 11.1. The predicted octanol–water partition coefficient (Wildman–Crippen LogP) is 4.96. The number of thiophene rings is 1. The van der Waals surface area contributed by atoms with Gasteiger partial charge in [0.15, 0.2) is 0 Å². The van der Waals surface area contributed by atoms with E-state index in [9.17, 15) is 8.78 Å². The first-order chi connectivity index (χ1) is 9.61. The summed E-state index contributed by atoms with van der Waals surface area (Å²) in [5.41, 5.74) is 0.102. The van der Waals surface area contributed by atoms with E-state index in [0.29, 0.717) is 17.3 Å². The molecule has 0 radical (unpaired) electrons. The van der Waals surface area contributed by atoms with E-state index in [1.54, 1.807) is 6.07 Å². The lowest BCUT2D eigenvalue weighted by Gasteiger charge is -2.19. The normalized spacial score (nSPS) is 12.6. The fourth-order valence-corrected chi connectivity index (χ4v) is 3.23. The molecule has 0 fully saturated rings. The van der Waals surface area contributed by atoms with Crippen LogP contribution in [-0.2, 0) is 6.42 Å². The third-order valence-electron chi connectivity index (χ3n) is 3.02. The predicted molar refractivity (Wildman–Crippen MR) is 80.4 cm³/mol. The molecule has 0 amide bonds. The summed E-state index contributed by atoms with van der Waals surface area (Å²) in [6.45, 7) is 2.72. The second-order valence-electron chi connectivity index (χ2n) is 4.55. The van der Waals surface area contributed by atoms with Crippen LogP contribution in [0, 0.1) is 11.6 Å². The number of halogens is 3. The molecule has 0 aliphatic heterocycles. The summed E-state index contributed by atoms with van der Waals surface area (Å²) in [7, 11) is 0. The van der Waals surface area contributed by atoms with Gasteiger partial charge in [-0.2, -0.15) is 0 Å². The summed E-state index contributed by atoms with van der Waals surface area (Å²) in [5.74, 6) is -1.03. The van der Waals surface area contributed by atoms with Crippen LogP contribution in [0.1, 0.15) is 29.8 Å². The van der Waals surface area contributed by atoms with Crippen molar-refractivity contribution in [3.63, 3.8) is 0 Å². The van der Waals surface area contributed by atoms with Crippen molar-refractivity contribution < 1.29 is 8.78 Å². The molecule has 2 rings (SSSR count). The first kappa shape index (κ1) is 15.4. The molecular formula is C15H16ClF2NS. The van der Waals surface area contributed by atoms with Crippen LogP contribution in [0.3, 0.4) is 0 Å². The van der Waals surface area contributed by atoms with E-state index >= 15 is 0 Å². The molecule has 20 heavy (non-hydrogen) atoms. The SMILES string of the molecule is CCCNC(Cc1ccc(Cl)s1)c1c(F)cccc1F. The molecule has 1 aromatic heterocycles. The molecule has 1 N–H and O–H groups in total. The summed E-state index contributed by atoms with van der Waals surface area (Å²) >= 11 is 7.34. The van der Waals surface area contributed by atoms with Gasteiger partial charge in [0.1, 0.15) is 11.6 Å². The quantitative estimate of drug-likeness (QED) is 0.794. The largest absolute Gasteiger partial charge is 0.309 e. The first-order valence-corrected chi connectivity index (χ1v) is 7.72. The van der Waals surface area contributed by atoms with Gasteiger partial charge in [-0.1, -0.05) is 24.6 Å². The average molecular weight is 316 g/mol. The number of benzene rings is 1. The highest BCUT2D eigenvalue weighted by Gasteiger charge is 2.20. The summed E-state index contributed by atoms with van der Waals surface area (Å²) in [5, 5.41) is 3.21. The van der Waals surface area contributed by atoms with Crippen LogP contribution in [0.25, 0.3) is 0 Å². The lowest BCUT2D eigenvalue weighted by molar-refractivity contribution is 0.466. The number of rotatable bonds is 6. The lowest BCUT2D eigenvalue weighted by Crippen LogP contribution is -2.25. The van der Waals surface area contributed by atoms with Gasteiger partial charge in [-0.3, -0.25) is 0 Å². The van der Waals surface area contributed by atoms with Crippen molar-refractivity contribution in [2.75, 3.05) is 6.54 Å². The van der Waals surface area contributed by atoms with Crippen molar-refractivity contribution in [1.82, 2.24) is 5.32 Å². The van der Waals surface area contributed by atoms with E-state index in [1.165, 1.54) is 29.5 Å². The maximum Gasteiger partial charge on any atom is 0.130 e. The molecular weight excluding hydrogens is 300 g/mol. The maximum atomic E-state index is 13.9. The molecule has 1 unspecified atom stereocenters. The van der Waals surface area contributed by atoms with Gasteiger partial charge in [-0.15, -0.1) is 11.3 Å².